The molecule has 2 aromatic rings. The molecule has 2 N–H and O–H groups in total. The Bertz CT molecular complexity index is 665. The van der Waals surface area contributed by atoms with Crippen LogP contribution in [0.1, 0.15) is 14.5 Å². The average molecular weight is 292 g/mol. The molecule has 2 heterocycles. The van der Waals surface area contributed by atoms with E-state index in [0.29, 0.717) is 9.75 Å². The number of rotatable bonds is 4. The number of hydrogen-bond acceptors (Lipinski definition) is 4. The second-order valence-electron chi connectivity index (χ2n) is 3.69. The second kappa shape index (κ2) is 6.07. The predicted octanol–water partition coefficient (Wildman–Crippen LogP) is 2.63. The third-order valence-corrected chi connectivity index (χ3v) is 3.26. The van der Waals surface area contributed by atoms with E-state index >= 15 is 0 Å². The minimum absolute atomic E-state index is 0.243. The highest BCUT2D eigenvalue weighted by Crippen LogP contribution is 2.19. The quantitative estimate of drug-likeness (QED) is 0.849. The number of pyridine rings is 1. The lowest BCUT2D eigenvalue weighted by molar-refractivity contribution is -0.131. The molecule has 7 heteroatoms. The molecule has 0 saturated carbocycles. The maximum absolute atomic E-state index is 12.7. The summed E-state index contributed by atoms with van der Waals surface area (Å²) in [5, 5.41) is 11.0. The van der Waals surface area contributed by atoms with Crippen LogP contribution < -0.4 is 5.32 Å². The van der Waals surface area contributed by atoms with Crippen LogP contribution in [0.2, 0.25) is 0 Å². The number of halogens is 1. The first-order valence-electron chi connectivity index (χ1n) is 5.48. The molecule has 2 rings (SSSR count). The molecule has 0 unspecified atom stereocenters. The summed E-state index contributed by atoms with van der Waals surface area (Å²) >= 11 is 1.14. The zero-order valence-corrected chi connectivity index (χ0v) is 10.9. The molecule has 0 spiro atoms. The number of carboxylic acid groups (broad SMARTS) is 1. The van der Waals surface area contributed by atoms with E-state index < -0.39 is 11.8 Å². The van der Waals surface area contributed by atoms with Gasteiger partial charge < -0.3 is 10.4 Å². The Kier molecular flexibility index (Phi) is 4.21. The van der Waals surface area contributed by atoms with Gasteiger partial charge in [-0.25, -0.2) is 14.2 Å². The number of carbonyl (C=O) groups is 2. The molecule has 0 saturated heterocycles. The van der Waals surface area contributed by atoms with Crippen molar-refractivity contribution < 1.29 is 19.1 Å². The lowest BCUT2D eigenvalue weighted by atomic mass is 10.3. The highest BCUT2D eigenvalue weighted by molar-refractivity contribution is 7.15. The SMILES string of the molecule is O=C(O)C=Cc1ccc(C(=O)Nc2ccc(F)cn2)s1. The maximum atomic E-state index is 12.7. The van der Waals surface area contributed by atoms with E-state index in [0.717, 1.165) is 23.6 Å². The van der Waals surface area contributed by atoms with Crippen molar-refractivity contribution >= 4 is 35.1 Å². The van der Waals surface area contributed by atoms with Crippen molar-refractivity contribution in [1.82, 2.24) is 4.98 Å². The monoisotopic (exact) mass is 292 g/mol. The van der Waals surface area contributed by atoms with Gasteiger partial charge in [0.05, 0.1) is 11.1 Å². The van der Waals surface area contributed by atoms with Gasteiger partial charge in [-0.05, 0) is 30.3 Å². The average Bonchev–Trinajstić information content (AvgIpc) is 2.88. The maximum Gasteiger partial charge on any atom is 0.328 e. The zero-order chi connectivity index (χ0) is 14.5. The number of carboxylic acids is 1. The number of carbonyl (C=O) groups excluding carboxylic acids is 1. The zero-order valence-electron chi connectivity index (χ0n) is 10.0. The molecule has 0 aromatic carbocycles. The molecule has 102 valence electrons. The Hall–Kier alpha value is -2.54. The summed E-state index contributed by atoms with van der Waals surface area (Å²) in [6.45, 7) is 0. The fourth-order valence-corrected chi connectivity index (χ4v) is 2.15. The van der Waals surface area contributed by atoms with Crippen LogP contribution in [0.15, 0.2) is 36.5 Å². The largest absolute Gasteiger partial charge is 0.478 e. The summed E-state index contributed by atoms with van der Waals surface area (Å²) in [7, 11) is 0. The molecule has 20 heavy (non-hydrogen) atoms. The number of nitrogens with one attached hydrogen (secondary N) is 1. The summed E-state index contributed by atoms with van der Waals surface area (Å²) in [5.74, 6) is -1.68. The van der Waals surface area contributed by atoms with Crippen LogP contribution in [0.4, 0.5) is 10.2 Å². The van der Waals surface area contributed by atoms with Crippen LogP contribution >= 0.6 is 11.3 Å². The van der Waals surface area contributed by atoms with Gasteiger partial charge in [-0.2, -0.15) is 0 Å². The Labute approximate surface area is 117 Å². The number of hydrogen-bond donors (Lipinski definition) is 2. The van der Waals surface area contributed by atoms with Crippen LogP contribution in [0.25, 0.3) is 6.08 Å². The van der Waals surface area contributed by atoms with Gasteiger partial charge in [0.25, 0.3) is 5.91 Å². The molecule has 0 aliphatic rings. The molecule has 1 amide bonds. The highest BCUT2D eigenvalue weighted by atomic mass is 32.1. The second-order valence-corrected chi connectivity index (χ2v) is 4.80. The first kappa shape index (κ1) is 13.9. The van der Waals surface area contributed by atoms with Gasteiger partial charge in [0.15, 0.2) is 0 Å². The standard InChI is InChI=1S/C13H9FN2O3S/c14-8-1-5-11(15-7-8)16-13(19)10-4-2-9(20-10)3-6-12(17)18/h1-7H,(H,17,18)(H,15,16,19). The fourth-order valence-electron chi connectivity index (χ4n) is 1.35. The van der Waals surface area contributed by atoms with Crippen LogP contribution in [0.5, 0.6) is 0 Å². The molecular weight excluding hydrogens is 283 g/mol. The molecule has 0 atom stereocenters. The molecule has 5 nitrogen and oxygen atoms in total. The third kappa shape index (κ3) is 3.72. The van der Waals surface area contributed by atoms with Gasteiger partial charge in [-0.15, -0.1) is 11.3 Å². The van der Waals surface area contributed by atoms with Crippen molar-refractivity contribution in [3.8, 4) is 0 Å². The van der Waals surface area contributed by atoms with E-state index in [-0.39, 0.29) is 11.7 Å². The van der Waals surface area contributed by atoms with Crippen LogP contribution in [0, 0.1) is 5.82 Å². The van der Waals surface area contributed by atoms with Crippen molar-refractivity contribution in [2.45, 2.75) is 0 Å². The van der Waals surface area contributed by atoms with Gasteiger partial charge in [-0.3, -0.25) is 4.79 Å². The Morgan fingerprint density at radius 3 is 2.75 bits per heavy atom. The van der Waals surface area contributed by atoms with Gasteiger partial charge in [-0.1, -0.05) is 0 Å². The van der Waals surface area contributed by atoms with Crippen molar-refractivity contribution in [1.29, 1.82) is 0 Å². The van der Waals surface area contributed by atoms with E-state index in [2.05, 4.69) is 10.3 Å². The number of anilines is 1. The van der Waals surface area contributed by atoms with E-state index in [1.165, 1.54) is 18.2 Å². The summed E-state index contributed by atoms with van der Waals surface area (Å²) < 4.78 is 12.7. The Morgan fingerprint density at radius 1 is 1.30 bits per heavy atom. The lowest BCUT2D eigenvalue weighted by Gasteiger charge is -2.01. The number of amides is 1. The van der Waals surface area contributed by atoms with Crippen LogP contribution in [-0.2, 0) is 4.79 Å². The molecule has 2 aromatic heterocycles. The van der Waals surface area contributed by atoms with Gasteiger partial charge in [0.1, 0.15) is 11.6 Å². The minimum atomic E-state index is -1.06. The normalized spacial score (nSPS) is 10.7. The minimum Gasteiger partial charge on any atom is -0.478 e. The van der Waals surface area contributed by atoms with E-state index in [1.54, 1.807) is 12.1 Å². The molecule has 0 bridgehead atoms. The molecular formula is C13H9FN2O3S. The number of aromatic nitrogens is 1. The summed E-state index contributed by atoms with van der Waals surface area (Å²) in [4.78, 5) is 27.0. The molecule has 0 aliphatic carbocycles. The Balaban J connectivity index is 2.06. The van der Waals surface area contributed by atoms with Crippen molar-refractivity contribution in [3.63, 3.8) is 0 Å². The van der Waals surface area contributed by atoms with Gasteiger partial charge in [0.2, 0.25) is 0 Å². The smallest absolute Gasteiger partial charge is 0.328 e. The van der Waals surface area contributed by atoms with Crippen molar-refractivity contribution in [3.05, 3.63) is 52.1 Å². The van der Waals surface area contributed by atoms with E-state index in [4.69, 9.17) is 5.11 Å². The first-order valence-corrected chi connectivity index (χ1v) is 6.30. The van der Waals surface area contributed by atoms with Crippen LogP contribution in [-0.4, -0.2) is 22.0 Å². The van der Waals surface area contributed by atoms with Crippen molar-refractivity contribution in [2.24, 2.45) is 0 Å². The van der Waals surface area contributed by atoms with Crippen LogP contribution in [0.3, 0.4) is 0 Å². The highest BCUT2D eigenvalue weighted by Gasteiger charge is 2.09. The third-order valence-electron chi connectivity index (χ3n) is 2.21. The predicted molar refractivity (Wildman–Crippen MR) is 73.1 cm³/mol. The molecule has 0 fully saturated rings. The van der Waals surface area contributed by atoms with E-state index in [1.807, 2.05) is 0 Å². The summed E-state index contributed by atoms with van der Waals surface area (Å²) in [6.07, 6.45) is 3.40. The van der Waals surface area contributed by atoms with Crippen molar-refractivity contribution in [2.75, 3.05) is 5.32 Å². The number of nitrogens with zero attached hydrogens (tertiary/aromatic N) is 1. The van der Waals surface area contributed by atoms with E-state index in [9.17, 15) is 14.0 Å². The Morgan fingerprint density at radius 2 is 2.10 bits per heavy atom. The number of aliphatic carboxylic acids is 1. The van der Waals surface area contributed by atoms with Gasteiger partial charge in [0, 0.05) is 11.0 Å². The van der Waals surface area contributed by atoms with Gasteiger partial charge >= 0.3 is 5.97 Å². The molecule has 0 radical (unpaired) electrons. The lowest BCUT2D eigenvalue weighted by Crippen LogP contribution is -2.11. The first-order chi connectivity index (χ1) is 9.54. The topological polar surface area (TPSA) is 79.3 Å². The summed E-state index contributed by atoms with van der Waals surface area (Å²) in [6, 6.07) is 5.76. The molecule has 0 aliphatic heterocycles. The fraction of sp³-hybridized carbons (Fsp3) is 0. The number of thiophene rings is 1. The summed E-state index contributed by atoms with van der Waals surface area (Å²) in [5.41, 5.74) is 0.